The van der Waals surface area contributed by atoms with Gasteiger partial charge in [0.2, 0.25) is 0 Å². The van der Waals surface area contributed by atoms with Crippen LogP contribution in [0.2, 0.25) is 0 Å². The number of aliphatic hydroxyl groups is 1. The second-order valence-corrected chi connectivity index (χ2v) is 4.17. The molecule has 0 aliphatic carbocycles. The first-order valence-electron chi connectivity index (χ1n) is 5.98. The molecule has 1 aromatic heterocycles. The molecule has 1 rings (SSSR count). The van der Waals surface area contributed by atoms with Gasteiger partial charge in [-0.25, -0.2) is 0 Å². The van der Waals surface area contributed by atoms with Crippen molar-refractivity contribution in [3.63, 3.8) is 0 Å². The van der Waals surface area contributed by atoms with Crippen LogP contribution in [0, 0.1) is 0 Å². The van der Waals surface area contributed by atoms with E-state index in [2.05, 4.69) is 4.98 Å². The van der Waals surface area contributed by atoms with Gasteiger partial charge in [-0.1, -0.05) is 6.92 Å². The van der Waals surface area contributed by atoms with Crippen LogP contribution in [0.4, 0.5) is 0 Å². The number of pyridine rings is 1. The molecule has 0 fully saturated rings. The molecular weight excluding hydrogens is 218 g/mol. The van der Waals surface area contributed by atoms with E-state index in [0.717, 1.165) is 6.42 Å². The Bertz CT molecular complexity index is 339. The molecule has 17 heavy (non-hydrogen) atoms. The number of rotatable bonds is 7. The second kappa shape index (κ2) is 6.57. The molecule has 1 unspecified atom stereocenters. The van der Waals surface area contributed by atoms with Gasteiger partial charge in [-0.05, 0) is 26.3 Å². The number of ether oxygens (including phenoxy) is 2. The quantitative estimate of drug-likeness (QED) is 0.791. The van der Waals surface area contributed by atoms with E-state index in [1.807, 2.05) is 19.9 Å². The lowest BCUT2D eigenvalue weighted by Crippen LogP contribution is -2.28. The summed E-state index contributed by atoms with van der Waals surface area (Å²) in [5, 5.41) is 10.2. The van der Waals surface area contributed by atoms with Gasteiger partial charge in [0.05, 0.1) is 19.4 Å². The molecule has 0 spiro atoms. The highest BCUT2D eigenvalue weighted by atomic mass is 16.5. The second-order valence-electron chi connectivity index (χ2n) is 4.17. The first-order valence-corrected chi connectivity index (χ1v) is 5.98. The van der Waals surface area contributed by atoms with E-state index >= 15 is 0 Å². The maximum absolute atomic E-state index is 10.2. The molecule has 0 bridgehead atoms. The van der Waals surface area contributed by atoms with Crippen LogP contribution in [-0.4, -0.2) is 29.9 Å². The van der Waals surface area contributed by atoms with Crippen LogP contribution in [-0.2, 0) is 10.3 Å². The molecule has 1 aromatic rings. The third-order valence-corrected chi connectivity index (χ3v) is 2.40. The number of hydrogen-bond donors (Lipinski definition) is 1. The molecule has 0 amide bonds. The Balaban J connectivity index is 2.75. The van der Waals surface area contributed by atoms with Crippen molar-refractivity contribution in [2.75, 3.05) is 19.8 Å². The van der Waals surface area contributed by atoms with Gasteiger partial charge in [0, 0.05) is 18.4 Å². The summed E-state index contributed by atoms with van der Waals surface area (Å²) in [5.74, 6) is 0.682. The van der Waals surface area contributed by atoms with E-state index in [9.17, 15) is 5.11 Å². The van der Waals surface area contributed by atoms with Crippen LogP contribution in [0.25, 0.3) is 0 Å². The van der Waals surface area contributed by atoms with Crippen LogP contribution >= 0.6 is 0 Å². The number of hydrogen-bond acceptors (Lipinski definition) is 4. The smallest absolute Gasteiger partial charge is 0.137 e. The lowest BCUT2D eigenvalue weighted by Gasteiger charge is -2.23. The van der Waals surface area contributed by atoms with Crippen LogP contribution in [0.3, 0.4) is 0 Å². The van der Waals surface area contributed by atoms with Gasteiger partial charge >= 0.3 is 0 Å². The maximum atomic E-state index is 10.2. The summed E-state index contributed by atoms with van der Waals surface area (Å²) in [7, 11) is 0. The van der Waals surface area contributed by atoms with Crippen LogP contribution in [0.1, 0.15) is 32.8 Å². The summed E-state index contributed by atoms with van der Waals surface area (Å²) in [6.45, 7) is 7.14. The van der Waals surface area contributed by atoms with Gasteiger partial charge in [0.15, 0.2) is 0 Å². The lowest BCUT2D eigenvalue weighted by molar-refractivity contribution is -0.0346. The molecule has 1 N–H and O–H groups in total. The number of aromatic nitrogens is 1. The molecule has 0 saturated heterocycles. The highest BCUT2D eigenvalue weighted by Gasteiger charge is 2.24. The van der Waals surface area contributed by atoms with E-state index in [1.54, 1.807) is 19.3 Å². The van der Waals surface area contributed by atoms with E-state index < -0.39 is 5.60 Å². The maximum Gasteiger partial charge on any atom is 0.137 e. The zero-order chi connectivity index (χ0) is 12.7. The summed E-state index contributed by atoms with van der Waals surface area (Å²) in [6.07, 6.45) is 4.23. The lowest BCUT2D eigenvalue weighted by atomic mass is 9.99. The van der Waals surface area contributed by atoms with Gasteiger partial charge in [-0.3, -0.25) is 4.98 Å². The van der Waals surface area contributed by atoms with Crippen molar-refractivity contribution in [1.29, 1.82) is 0 Å². The minimum Gasteiger partial charge on any atom is -0.492 e. The minimum atomic E-state index is -1.03. The van der Waals surface area contributed by atoms with Crippen molar-refractivity contribution in [3.05, 3.63) is 24.0 Å². The Morgan fingerprint density at radius 1 is 1.35 bits per heavy atom. The molecule has 0 aromatic carbocycles. The fourth-order valence-electron chi connectivity index (χ4n) is 1.40. The average molecular weight is 239 g/mol. The van der Waals surface area contributed by atoms with E-state index in [1.165, 1.54) is 0 Å². The Hall–Kier alpha value is -1.13. The molecule has 1 atom stereocenters. The molecule has 0 saturated carbocycles. The highest BCUT2D eigenvalue weighted by Crippen LogP contribution is 2.23. The zero-order valence-electron chi connectivity index (χ0n) is 10.8. The van der Waals surface area contributed by atoms with Crippen molar-refractivity contribution in [2.45, 2.75) is 32.8 Å². The van der Waals surface area contributed by atoms with Crippen molar-refractivity contribution < 1.29 is 14.6 Å². The number of nitrogens with zero attached hydrogens (tertiary/aromatic N) is 1. The Labute approximate surface area is 103 Å². The molecule has 4 heteroatoms. The third kappa shape index (κ3) is 4.32. The average Bonchev–Trinajstić information content (AvgIpc) is 2.34. The standard InChI is InChI=1S/C13H21NO3/c1-4-6-17-12-7-11(8-14-9-12)13(3,15)10-16-5-2/h7-9,15H,4-6,10H2,1-3H3. The monoisotopic (exact) mass is 239 g/mol. The summed E-state index contributed by atoms with van der Waals surface area (Å²) in [4.78, 5) is 4.07. The fraction of sp³-hybridized carbons (Fsp3) is 0.615. The molecule has 0 radical (unpaired) electrons. The normalized spacial score (nSPS) is 14.4. The Morgan fingerprint density at radius 2 is 2.12 bits per heavy atom. The first-order chi connectivity index (χ1) is 8.10. The van der Waals surface area contributed by atoms with Crippen LogP contribution in [0.5, 0.6) is 5.75 Å². The molecular formula is C13H21NO3. The van der Waals surface area contributed by atoms with Crippen molar-refractivity contribution in [1.82, 2.24) is 4.98 Å². The Morgan fingerprint density at radius 3 is 2.76 bits per heavy atom. The molecule has 1 heterocycles. The third-order valence-electron chi connectivity index (χ3n) is 2.40. The van der Waals surface area contributed by atoms with Gasteiger partial charge in [0.25, 0.3) is 0 Å². The van der Waals surface area contributed by atoms with E-state index in [0.29, 0.717) is 24.5 Å². The SMILES string of the molecule is CCCOc1cncc(C(C)(O)COCC)c1. The van der Waals surface area contributed by atoms with Crippen LogP contribution < -0.4 is 4.74 Å². The largest absolute Gasteiger partial charge is 0.492 e. The summed E-state index contributed by atoms with van der Waals surface area (Å²) in [5.41, 5.74) is -0.325. The highest BCUT2D eigenvalue weighted by molar-refractivity contribution is 5.27. The summed E-state index contributed by atoms with van der Waals surface area (Å²) >= 11 is 0. The minimum absolute atomic E-state index is 0.252. The molecule has 96 valence electrons. The van der Waals surface area contributed by atoms with Crippen molar-refractivity contribution in [2.24, 2.45) is 0 Å². The summed E-state index contributed by atoms with van der Waals surface area (Å²) in [6, 6.07) is 1.81. The summed E-state index contributed by atoms with van der Waals surface area (Å²) < 4.78 is 10.7. The van der Waals surface area contributed by atoms with Gasteiger partial charge in [-0.2, -0.15) is 0 Å². The van der Waals surface area contributed by atoms with E-state index in [-0.39, 0.29) is 6.61 Å². The fourth-order valence-corrected chi connectivity index (χ4v) is 1.40. The van der Waals surface area contributed by atoms with Gasteiger partial charge < -0.3 is 14.6 Å². The van der Waals surface area contributed by atoms with Crippen LogP contribution in [0.15, 0.2) is 18.5 Å². The van der Waals surface area contributed by atoms with Crippen molar-refractivity contribution >= 4 is 0 Å². The molecule has 4 nitrogen and oxygen atoms in total. The topological polar surface area (TPSA) is 51.6 Å². The zero-order valence-corrected chi connectivity index (χ0v) is 10.8. The van der Waals surface area contributed by atoms with Gasteiger partial charge in [-0.15, -0.1) is 0 Å². The van der Waals surface area contributed by atoms with E-state index in [4.69, 9.17) is 9.47 Å². The van der Waals surface area contributed by atoms with Crippen molar-refractivity contribution in [3.8, 4) is 5.75 Å². The van der Waals surface area contributed by atoms with Gasteiger partial charge in [0.1, 0.15) is 11.4 Å². The molecule has 0 aliphatic heterocycles. The predicted octanol–water partition coefficient (Wildman–Crippen LogP) is 2.11. The molecule has 0 aliphatic rings. The predicted molar refractivity (Wildman–Crippen MR) is 66.1 cm³/mol. The first kappa shape index (κ1) is 13.9. The Kier molecular flexibility index (Phi) is 5.38.